The first-order chi connectivity index (χ1) is 15.9. The third-order valence-corrected chi connectivity index (χ3v) is 6.17. The Morgan fingerprint density at radius 2 is 1.61 bits per heavy atom. The third kappa shape index (κ3) is 5.44. The van der Waals surface area contributed by atoms with E-state index in [9.17, 15) is 9.59 Å². The summed E-state index contributed by atoms with van der Waals surface area (Å²) in [4.78, 5) is 25.9. The van der Waals surface area contributed by atoms with E-state index in [-0.39, 0.29) is 17.4 Å². The van der Waals surface area contributed by atoms with Crippen LogP contribution in [0.3, 0.4) is 0 Å². The van der Waals surface area contributed by atoms with Crippen molar-refractivity contribution in [3.8, 4) is 11.5 Å². The van der Waals surface area contributed by atoms with Gasteiger partial charge in [0.1, 0.15) is 0 Å². The molecule has 0 spiro atoms. The largest absolute Gasteiger partial charge is 0.423 e. The first-order valence-electron chi connectivity index (χ1n) is 11.0. The van der Waals surface area contributed by atoms with Crippen LogP contribution in [-0.2, 0) is 22.6 Å². The molecule has 5 nitrogen and oxygen atoms in total. The minimum absolute atomic E-state index is 0.00518. The summed E-state index contributed by atoms with van der Waals surface area (Å²) in [6, 6.07) is 22.4. The zero-order valence-corrected chi connectivity index (χ0v) is 19.5. The molecule has 1 unspecified atom stereocenters. The number of hydrogen-bond acceptors (Lipinski definition) is 5. The molecule has 1 heterocycles. The Labute approximate surface area is 198 Å². The lowest BCUT2D eigenvalue weighted by atomic mass is 9.87. The highest BCUT2D eigenvalue weighted by molar-refractivity contribution is 6.33. The van der Waals surface area contributed by atoms with E-state index in [0.29, 0.717) is 11.4 Å². The number of rotatable bonds is 5. The Bertz CT molecular complexity index is 1150. The molecule has 0 saturated heterocycles. The van der Waals surface area contributed by atoms with Crippen LogP contribution >= 0.6 is 11.6 Å². The summed E-state index contributed by atoms with van der Waals surface area (Å²) in [7, 11) is 0. The average molecular weight is 464 g/mol. The molecule has 33 heavy (non-hydrogen) atoms. The second kappa shape index (κ2) is 10.2. The Balaban J connectivity index is 1.81. The van der Waals surface area contributed by atoms with Crippen molar-refractivity contribution in [1.29, 1.82) is 0 Å². The molecule has 0 aliphatic carbocycles. The normalized spacial score (nSPS) is 15.9. The third-order valence-electron chi connectivity index (χ3n) is 5.77. The van der Waals surface area contributed by atoms with E-state index in [0.717, 1.165) is 36.3 Å². The van der Waals surface area contributed by atoms with Crippen molar-refractivity contribution in [2.24, 2.45) is 0 Å². The summed E-state index contributed by atoms with van der Waals surface area (Å²) in [5.74, 6) is -0.759. The molecular weight excluding hydrogens is 438 g/mol. The molecule has 3 aromatic carbocycles. The zero-order chi connectivity index (χ0) is 23.4. The lowest BCUT2D eigenvalue weighted by Crippen LogP contribution is -2.28. The van der Waals surface area contributed by atoms with Crippen LogP contribution in [0.1, 0.15) is 42.0 Å². The predicted molar refractivity (Wildman–Crippen MR) is 128 cm³/mol. The van der Waals surface area contributed by atoms with E-state index in [1.807, 2.05) is 42.5 Å². The molecule has 1 aliphatic rings. The Morgan fingerprint density at radius 3 is 2.24 bits per heavy atom. The molecule has 3 aromatic rings. The van der Waals surface area contributed by atoms with E-state index in [1.165, 1.54) is 19.4 Å². The highest BCUT2D eigenvalue weighted by Crippen LogP contribution is 2.45. The van der Waals surface area contributed by atoms with Crippen molar-refractivity contribution in [2.45, 2.75) is 32.7 Å². The minimum Gasteiger partial charge on any atom is -0.423 e. The maximum absolute atomic E-state index is 11.8. The maximum Gasteiger partial charge on any atom is 0.308 e. The van der Waals surface area contributed by atoms with Gasteiger partial charge in [-0.1, -0.05) is 72.3 Å². The van der Waals surface area contributed by atoms with Crippen molar-refractivity contribution >= 4 is 23.5 Å². The second-order valence-corrected chi connectivity index (χ2v) is 8.58. The molecule has 0 N–H and O–H groups in total. The molecule has 1 atom stereocenters. The van der Waals surface area contributed by atoms with Gasteiger partial charge in [0.2, 0.25) is 0 Å². The lowest BCUT2D eigenvalue weighted by molar-refractivity contribution is -0.134. The number of carbonyl (C=O) groups is 2. The maximum atomic E-state index is 11.8. The molecule has 6 heteroatoms. The number of halogens is 1. The van der Waals surface area contributed by atoms with Gasteiger partial charge in [-0.25, -0.2) is 0 Å². The fourth-order valence-corrected chi connectivity index (χ4v) is 4.71. The van der Waals surface area contributed by atoms with Gasteiger partial charge in [0.25, 0.3) is 0 Å². The van der Waals surface area contributed by atoms with Crippen molar-refractivity contribution < 1.29 is 19.1 Å². The Kier molecular flexibility index (Phi) is 7.11. The standard InChI is InChI=1S/C27H26ClNO4/c1-18(30)32-25-15-23-22(26(28)27(25)33-19(2)31)13-14-29(16-20-9-5-3-6-10-20)17-24(23)21-11-7-4-8-12-21/h3-12,15,24H,13-14,16-17H2,1-2H3. The second-order valence-electron chi connectivity index (χ2n) is 8.21. The molecule has 170 valence electrons. The smallest absolute Gasteiger partial charge is 0.308 e. The molecule has 0 saturated carbocycles. The topological polar surface area (TPSA) is 55.8 Å². The number of esters is 2. The highest BCUT2D eigenvalue weighted by Gasteiger charge is 2.30. The Hall–Kier alpha value is -3.15. The first-order valence-corrected chi connectivity index (χ1v) is 11.3. The summed E-state index contributed by atoms with van der Waals surface area (Å²) >= 11 is 6.81. The SMILES string of the molecule is CC(=O)Oc1cc2c(c(Cl)c1OC(C)=O)CCN(Cc1ccccc1)CC2c1ccccc1. The van der Waals surface area contributed by atoms with Gasteiger partial charge in [0.15, 0.2) is 11.5 Å². The van der Waals surface area contributed by atoms with Gasteiger partial charge in [-0.05, 0) is 34.7 Å². The zero-order valence-electron chi connectivity index (χ0n) is 18.7. The monoisotopic (exact) mass is 463 g/mol. The summed E-state index contributed by atoms with van der Waals surface area (Å²) in [5.41, 5.74) is 4.27. The Morgan fingerprint density at radius 1 is 0.970 bits per heavy atom. The van der Waals surface area contributed by atoms with Gasteiger partial charge in [0.05, 0.1) is 5.02 Å². The van der Waals surface area contributed by atoms with E-state index >= 15 is 0 Å². The van der Waals surface area contributed by atoms with E-state index in [4.69, 9.17) is 21.1 Å². The molecule has 0 radical (unpaired) electrons. The van der Waals surface area contributed by atoms with Crippen LogP contribution in [0.25, 0.3) is 0 Å². The number of carbonyl (C=O) groups excluding carboxylic acids is 2. The summed E-state index contributed by atoms with van der Waals surface area (Å²) in [6.07, 6.45) is 0.680. The van der Waals surface area contributed by atoms with Gasteiger partial charge in [-0.15, -0.1) is 0 Å². The number of nitrogens with zero attached hydrogens (tertiary/aromatic N) is 1. The van der Waals surface area contributed by atoms with E-state index in [1.54, 1.807) is 0 Å². The van der Waals surface area contributed by atoms with Gasteiger partial charge in [0, 0.05) is 39.4 Å². The van der Waals surface area contributed by atoms with Crippen LogP contribution in [0.5, 0.6) is 11.5 Å². The predicted octanol–water partition coefficient (Wildman–Crippen LogP) is 5.38. The fourth-order valence-electron chi connectivity index (χ4n) is 4.37. The molecule has 0 amide bonds. The van der Waals surface area contributed by atoms with Gasteiger partial charge in [-0.3, -0.25) is 14.5 Å². The van der Waals surface area contributed by atoms with Crippen molar-refractivity contribution in [2.75, 3.05) is 13.1 Å². The lowest BCUT2D eigenvalue weighted by Gasteiger charge is -2.26. The van der Waals surface area contributed by atoms with Gasteiger partial charge in [-0.2, -0.15) is 0 Å². The van der Waals surface area contributed by atoms with E-state index < -0.39 is 11.9 Å². The van der Waals surface area contributed by atoms with Crippen LogP contribution in [0, 0.1) is 0 Å². The number of benzene rings is 3. The average Bonchev–Trinajstić information content (AvgIpc) is 2.97. The molecule has 1 aliphatic heterocycles. The van der Waals surface area contributed by atoms with Crippen LogP contribution in [0.15, 0.2) is 66.7 Å². The van der Waals surface area contributed by atoms with Crippen molar-refractivity contribution in [3.05, 3.63) is 94.0 Å². The van der Waals surface area contributed by atoms with Crippen LogP contribution in [0.2, 0.25) is 5.02 Å². The summed E-state index contributed by atoms with van der Waals surface area (Å²) in [5, 5.41) is 0.321. The van der Waals surface area contributed by atoms with Crippen LogP contribution < -0.4 is 9.47 Å². The van der Waals surface area contributed by atoms with Gasteiger partial charge >= 0.3 is 11.9 Å². The van der Waals surface area contributed by atoms with Crippen LogP contribution in [0.4, 0.5) is 0 Å². The van der Waals surface area contributed by atoms with Crippen molar-refractivity contribution in [3.63, 3.8) is 0 Å². The molecule has 4 rings (SSSR count). The molecule has 0 aromatic heterocycles. The molecule has 0 bridgehead atoms. The van der Waals surface area contributed by atoms with Crippen molar-refractivity contribution in [1.82, 2.24) is 4.90 Å². The molecule has 0 fully saturated rings. The van der Waals surface area contributed by atoms with Crippen LogP contribution in [-0.4, -0.2) is 29.9 Å². The molecular formula is C27H26ClNO4. The quantitative estimate of drug-likeness (QED) is 0.375. The summed E-state index contributed by atoms with van der Waals surface area (Å²) in [6.45, 7) is 4.98. The van der Waals surface area contributed by atoms with Gasteiger partial charge < -0.3 is 9.47 Å². The highest BCUT2D eigenvalue weighted by atomic mass is 35.5. The van der Waals surface area contributed by atoms with E-state index in [2.05, 4.69) is 29.2 Å². The summed E-state index contributed by atoms with van der Waals surface area (Å²) < 4.78 is 10.8. The number of ether oxygens (including phenoxy) is 2. The first kappa shape index (κ1) is 23.0. The fraction of sp³-hybridized carbons (Fsp3) is 0.259. The minimum atomic E-state index is -0.524. The number of fused-ring (bicyclic) bond motifs is 1. The number of hydrogen-bond donors (Lipinski definition) is 0.